The number of anilines is 1. The summed E-state index contributed by atoms with van der Waals surface area (Å²) in [7, 11) is 1.72. The number of nitrogens with two attached hydrogens (primary N) is 1. The first kappa shape index (κ1) is 7.52. The molecule has 60 valence electrons. The lowest BCUT2D eigenvalue weighted by atomic mass is 10.6. The van der Waals surface area contributed by atoms with Crippen molar-refractivity contribution < 1.29 is 4.79 Å². The Balaban J connectivity index is 2.51. The van der Waals surface area contributed by atoms with E-state index in [0.717, 1.165) is 0 Å². The molecule has 0 unspecified atom stereocenters. The highest BCUT2D eigenvalue weighted by Gasteiger charge is 1.98. The molecule has 0 radical (unpaired) electrons. The Morgan fingerprint density at radius 2 is 2.64 bits per heavy atom. The van der Waals surface area contributed by atoms with Crippen LogP contribution in [0.1, 0.15) is 0 Å². The standard InChI is InChI=1S/C5H9N5O/c1-10-5(3-8-9-10)7-2-4(6)11/h3,7H,2H2,1H3,(H2,6,11). The molecule has 0 atom stereocenters. The number of amides is 1. The monoisotopic (exact) mass is 155 g/mol. The summed E-state index contributed by atoms with van der Waals surface area (Å²) in [6, 6.07) is 0. The highest BCUT2D eigenvalue weighted by molar-refractivity contribution is 5.78. The summed E-state index contributed by atoms with van der Waals surface area (Å²) in [6.07, 6.45) is 1.52. The molecule has 0 aromatic carbocycles. The van der Waals surface area contributed by atoms with Crippen molar-refractivity contribution in [2.45, 2.75) is 0 Å². The van der Waals surface area contributed by atoms with Gasteiger partial charge in [0.25, 0.3) is 0 Å². The number of aromatic nitrogens is 3. The molecule has 0 spiro atoms. The summed E-state index contributed by atoms with van der Waals surface area (Å²) in [4.78, 5) is 10.3. The molecule has 0 saturated heterocycles. The van der Waals surface area contributed by atoms with Crippen LogP contribution in [0.5, 0.6) is 0 Å². The van der Waals surface area contributed by atoms with Crippen molar-refractivity contribution in [3.8, 4) is 0 Å². The normalized spacial score (nSPS) is 9.55. The van der Waals surface area contributed by atoms with E-state index < -0.39 is 5.91 Å². The van der Waals surface area contributed by atoms with Gasteiger partial charge in [-0.2, -0.15) is 0 Å². The van der Waals surface area contributed by atoms with E-state index in [2.05, 4.69) is 15.6 Å². The van der Waals surface area contributed by atoms with E-state index >= 15 is 0 Å². The van der Waals surface area contributed by atoms with Crippen LogP contribution in [-0.4, -0.2) is 27.4 Å². The van der Waals surface area contributed by atoms with E-state index in [1.165, 1.54) is 10.9 Å². The van der Waals surface area contributed by atoms with Crippen molar-refractivity contribution in [2.75, 3.05) is 11.9 Å². The maximum absolute atomic E-state index is 10.3. The lowest BCUT2D eigenvalue weighted by molar-refractivity contribution is -0.116. The van der Waals surface area contributed by atoms with Gasteiger partial charge in [-0.05, 0) is 0 Å². The second-order valence-corrected chi connectivity index (χ2v) is 2.06. The molecule has 6 nitrogen and oxygen atoms in total. The number of rotatable bonds is 3. The predicted octanol–water partition coefficient (Wildman–Crippen LogP) is -1.29. The molecular formula is C5H9N5O. The topological polar surface area (TPSA) is 85.8 Å². The molecule has 0 aliphatic rings. The first-order valence-electron chi connectivity index (χ1n) is 3.07. The molecule has 1 rings (SSSR count). The SMILES string of the molecule is Cn1nncc1NCC(N)=O. The van der Waals surface area contributed by atoms with Crippen LogP contribution in [-0.2, 0) is 11.8 Å². The van der Waals surface area contributed by atoms with Gasteiger partial charge < -0.3 is 11.1 Å². The van der Waals surface area contributed by atoms with Gasteiger partial charge in [-0.1, -0.05) is 5.21 Å². The van der Waals surface area contributed by atoms with Crippen LogP contribution in [0.2, 0.25) is 0 Å². The first-order valence-corrected chi connectivity index (χ1v) is 3.07. The summed E-state index contributed by atoms with van der Waals surface area (Å²) in [5.74, 6) is 0.259. The molecule has 0 saturated carbocycles. The minimum Gasteiger partial charge on any atom is -0.368 e. The van der Waals surface area contributed by atoms with E-state index in [4.69, 9.17) is 5.73 Å². The second-order valence-electron chi connectivity index (χ2n) is 2.06. The number of nitrogens with one attached hydrogen (secondary N) is 1. The van der Waals surface area contributed by atoms with Crippen LogP contribution in [0.4, 0.5) is 5.82 Å². The van der Waals surface area contributed by atoms with Crippen molar-refractivity contribution in [1.29, 1.82) is 0 Å². The zero-order chi connectivity index (χ0) is 8.27. The van der Waals surface area contributed by atoms with Crippen LogP contribution >= 0.6 is 0 Å². The first-order chi connectivity index (χ1) is 5.20. The Labute approximate surface area is 63.4 Å². The molecule has 0 aliphatic heterocycles. The smallest absolute Gasteiger partial charge is 0.236 e. The van der Waals surface area contributed by atoms with Gasteiger partial charge in [0.2, 0.25) is 5.91 Å². The molecule has 3 N–H and O–H groups in total. The molecule has 1 aromatic heterocycles. The lowest BCUT2D eigenvalue weighted by Gasteiger charge is -2.00. The third-order valence-electron chi connectivity index (χ3n) is 1.16. The van der Waals surface area contributed by atoms with Gasteiger partial charge in [-0.25, -0.2) is 4.68 Å². The molecule has 11 heavy (non-hydrogen) atoms. The van der Waals surface area contributed by atoms with Crippen LogP contribution in [0.25, 0.3) is 0 Å². The van der Waals surface area contributed by atoms with Gasteiger partial charge in [-0.3, -0.25) is 4.79 Å². The number of aryl methyl sites for hydroxylation is 1. The number of hydrogen-bond donors (Lipinski definition) is 2. The van der Waals surface area contributed by atoms with Crippen LogP contribution < -0.4 is 11.1 Å². The minimum atomic E-state index is -0.411. The maximum atomic E-state index is 10.3. The minimum absolute atomic E-state index is 0.0984. The van der Waals surface area contributed by atoms with Crippen molar-refractivity contribution in [1.82, 2.24) is 15.0 Å². The molecule has 1 heterocycles. The Morgan fingerprint density at radius 1 is 1.91 bits per heavy atom. The molecule has 0 aliphatic carbocycles. The predicted molar refractivity (Wildman–Crippen MR) is 38.7 cm³/mol. The van der Waals surface area contributed by atoms with Gasteiger partial charge >= 0.3 is 0 Å². The fourth-order valence-electron chi connectivity index (χ4n) is 0.627. The highest BCUT2D eigenvalue weighted by atomic mass is 16.1. The van der Waals surface area contributed by atoms with E-state index in [1.54, 1.807) is 7.05 Å². The van der Waals surface area contributed by atoms with Gasteiger partial charge in [0.15, 0.2) is 0 Å². The van der Waals surface area contributed by atoms with Crippen molar-refractivity contribution in [3.63, 3.8) is 0 Å². The lowest BCUT2D eigenvalue weighted by Crippen LogP contribution is -2.22. The Morgan fingerprint density at radius 3 is 3.09 bits per heavy atom. The molecule has 1 aromatic rings. The molecule has 0 fully saturated rings. The number of hydrogen-bond acceptors (Lipinski definition) is 4. The fourth-order valence-corrected chi connectivity index (χ4v) is 0.627. The zero-order valence-electron chi connectivity index (χ0n) is 6.11. The van der Waals surface area contributed by atoms with Gasteiger partial charge in [0, 0.05) is 7.05 Å². The number of primary amides is 1. The average Bonchev–Trinajstić information content (AvgIpc) is 2.31. The molecular weight excluding hydrogens is 146 g/mol. The summed E-state index contributed by atoms with van der Waals surface area (Å²) >= 11 is 0. The third-order valence-corrected chi connectivity index (χ3v) is 1.16. The van der Waals surface area contributed by atoms with Crippen LogP contribution in [0.15, 0.2) is 6.20 Å². The molecule has 1 amide bonds. The van der Waals surface area contributed by atoms with Crippen LogP contribution in [0.3, 0.4) is 0 Å². The quantitative estimate of drug-likeness (QED) is 0.568. The van der Waals surface area contributed by atoms with Gasteiger partial charge in [0.05, 0.1) is 12.7 Å². The zero-order valence-corrected chi connectivity index (χ0v) is 6.11. The summed E-state index contributed by atoms with van der Waals surface area (Å²) in [5, 5.41) is 10.0. The largest absolute Gasteiger partial charge is 0.368 e. The van der Waals surface area contributed by atoms with E-state index in [1.807, 2.05) is 0 Å². The van der Waals surface area contributed by atoms with E-state index in [9.17, 15) is 4.79 Å². The van der Waals surface area contributed by atoms with Crippen molar-refractivity contribution in [2.24, 2.45) is 12.8 Å². The number of nitrogens with zero attached hydrogens (tertiary/aromatic N) is 3. The van der Waals surface area contributed by atoms with Crippen LogP contribution in [0, 0.1) is 0 Å². The Kier molecular flexibility index (Phi) is 2.05. The Bertz CT molecular complexity index is 255. The fraction of sp³-hybridized carbons (Fsp3) is 0.400. The molecule has 6 heteroatoms. The van der Waals surface area contributed by atoms with E-state index in [0.29, 0.717) is 5.82 Å². The second kappa shape index (κ2) is 3.00. The van der Waals surface area contributed by atoms with Gasteiger partial charge in [-0.15, -0.1) is 5.10 Å². The Hall–Kier alpha value is -1.59. The maximum Gasteiger partial charge on any atom is 0.236 e. The highest BCUT2D eigenvalue weighted by Crippen LogP contribution is 1.98. The van der Waals surface area contributed by atoms with Gasteiger partial charge in [0.1, 0.15) is 5.82 Å². The summed E-state index contributed by atoms with van der Waals surface area (Å²) in [5.41, 5.74) is 4.91. The third kappa shape index (κ3) is 1.92. The summed E-state index contributed by atoms with van der Waals surface area (Å²) in [6.45, 7) is 0.0984. The number of carbonyl (C=O) groups excluding carboxylic acids is 1. The van der Waals surface area contributed by atoms with Crippen molar-refractivity contribution >= 4 is 11.7 Å². The van der Waals surface area contributed by atoms with Crippen molar-refractivity contribution in [3.05, 3.63) is 6.20 Å². The summed E-state index contributed by atoms with van der Waals surface area (Å²) < 4.78 is 1.52. The average molecular weight is 155 g/mol. The van der Waals surface area contributed by atoms with E-state index in [-0.39, 0.29) is 6.54 Å². The number of carbonyl (C=O) groups is 1. The molecule has 0 bridgehead atoms.